The number of aromatic amines is 1. The Morgan fingerprint density at radius 2 is 2.00 bits per heavy atom. The Morgan fingerprint density at radius 1 is 1.17 bits per heavy atom. The van der Waals surface area contributed by atoms with Crippen molar-refractivity contribution in [2.24, 2.45) is 0 Å². The van der Waals surface area contributed by atoms with E-state index in [9.17, 15) is 0 Å². The van der Waals surface area contributed by atoms with Crippen LogP contribution in [0.25, 0.3) is 11.0 Å². The van der Waals surface area contributed by atoms with Gasteiger partial charge in [-0.2, -0.15) is 15.1 Å². The normalized spacial score (nSPS) is 10.7. The summed E-state index contributed by atoms with van der Waals surface area (Å²) in [7, 11) is 0. The molecular weight excluding hydrogens is 228 g/mol. The highest BCUT2D eigenvalue weighted by molar-refractivity contribution is 5.85. The van der Waals surface area contributed by atoms with E-state index in [0.717, 1.165) is 10.9 Å². The first kappa shape index (κ1) is 10.5. The van der Waals surface area contributed by atoms with E-state index in [1.807, 2.05) is 30.3 Å². The minimum Gasteiger partial charge on any atom is -0.383 e. The number of nitrogen functional groups attached to an aromatic ring is 1. The molecule has 0 saturated carbocycles. The first-order chi connectivity index (χ1) is 8.83. The van der Waals surface area contributed by atoms with E-state index >= 15 is 0 Å². The van der Waals surface area contributed by atoms with E-state index in [1.165, 1.54) is 0 Å². The zero-order chi connectivity index (χ0) is 12.4. The lowest BCUT2D eigenvalue weighted by molar-refractivity contribution is 1.05. The van der Waals surface area contributed by atoms with Crippen LogP contribution in [0.5, 0.6) is 0 Å². The van der Waals surface area contributed by atoms with Crippen molar-refractivity contribution in [1.29, 1.82) is 0 Å². The molecule has 0 aliphatic rings. The lowest BCUT2D eigenvalue weighted by Gasteiger charge is -2.05. The maximum absolute atomic E-state index is 5.82. The van der Waals surface area contributed by atoms with Crippen LogP contribution in [-0.2, 0) is 6.54 Å². The molecule has 4 N–H and O–H groups in total. The Kier molecular flexibility index (Phi) is 2.53. The standard InChI is InChI=1S/C12H12N6/c13-10-9-7-15-18-11(9)17-12(16-10)14-6-8-4-2-1-3-5-8/h1-5,7H,6H2,(H4,13,14,15,16,17,18). The molecule has 0 amide bonds. The van der Waals surface area contributed by atoms with Crippen LogP contribution >= 0.6 is 0 Å². The van der Waals surface area contributed by atoms with Crippen LogP contribution in [0, 0.1) is 0 Å². The molecule has 0 atom stereocenters. The van der Waals surface area contributed by atoms with E-state index in [-0.39, 0.29) is 0 Å². The van der Waals surface area contributed by atoms with Gasteiger partial charge in [-0.1, -0.05) is 30.3 Å². The van der Waals surface area contributed by atoms with Crippen LogP contribution < -0.4 is 11.1 Å². The van der Waals surface area contributed by atoms with Crippen LogP contribution in [0.3, 0.4) is 0 Å². The zero-order valence-electron chi connectivity index (χ0n) is 9.59. The first-order valence-electron chi connectivity index (χ1n) is 5.57. The molecule has 0 aliphatic carbocycles. The fourth-order valence-electron chi connectivity index (χ4n) is 1.71. The Labute approximate surface area is 103 Å². The fourth-order valence-corrected chi connectivity index (χ4v) is 1.71. The number of nitrogens with one attached hydrogen (secondary N) is 2. The van der Waals surface area contributed by atoms with Crippen molar-refractivity contribution in [2.45, 2.75) is 6.54 Å². The molecule has 1 aromatic carbocycles. The molecule has 0 unspecified atom stereocenters. The molecule has 18 heavy (non-hydrogen) atoms. The highest BCUT2D eigenvalue weighted by atomic mass is 15.2. The van der Waals surface area contributed by atoms with Gasteiger partial charge in [-0.15, -0.1) is 0 Å². The summed E-state index contributed by atoms with van der Waals surface area (Å²) >= 11 is 0. The van der Waals surface area contributed by atoms with E-state index < -0.39 is 0 Å². The lowest BCUT2D eigenvalue weighted by Crippen LogP contribution is -2.05. The van der Waals surface area contributed by atoms with Crippen molar-refractivity contribution in [2.75, 3.05) is 11.1 Å². The third-order valence-corrected chi connectivity index (χ3v) is 2.63. The summed E-state index contributed by atoms with van der Waals surface area (Å²) in [6.07, 6.45) is 1.62. The summed E-state index contributed by atoms with van der Waals surface area (Å²) < 4.78 is 0. The average Bonchev–Trinajstić information content (AvgIpc) is 2.86. The SMILES string of the molecule is Nc1nc(NCc2ccccc2)nc2[nH]ncc12. The van der Waals surface area contributed by atoms with Crippen LogP contribution in [-0.4, -0.2) is 20.2 Å². The van der Waals surface area contributed by atoms with Crippen molar-refractivity contribution in [3.63, 3.8) is 0 Å². The number of hydrogen-bond donors (Lipinski definition) is 3. The molecule has 2 aromatic heterocycles. The number of nitrogens with zero attached hydrogens (tertiary/aromatic N) is 3. The molecule has 0 saturated heterocycles. The Bertz CT molecular complexity index is 661. The summed E-state index contributed by atoms with van der Waals surface area (Å²) in [5.41, 5.74) is 7.61. The zero-order valence-corrected chi connectivity index (χ0v) is 9.59. The van der Waals surface area contributed by atoms with E-state index in [0.29, 0.717) is 24.0 Å². The summed E-state index contributed by atoms with van der Waals surface area (Å²) in [6.45, 7) is 0.653. The van der Waals surface area contributed by atoms with Crippen molar-refractivity contribution in [3.8, 4) is 0 Å². The number of H-pyrrole nitrogens is 1. The van der Waals surface area contributed by atoms with Gasteiger partial charge in [-0.25, -0.2) is 0 Å². The topological polar surface area (TPSA) is 92.5 Å². The molecule has 0 bridgehead atoms. The number of aromatic nitrogens is 4. The number of rotatable bonds is 3. The van der Waals surface area contributed by atoms with Crippen molar-refractivity contribution in [1.82, 2.24) is 20.2 Å². The van der Waals surface area contributed by atoms with E-state index in [2.05, 4.69) is 25.5 Å². The molecule has 6 heteroatoms. The molecule has 6 nitrogen and oxygen atoms in total. The average molecular weight is 240 g/mol. The van der Waals surface area contributed by atoms with Crippen molar-refractivity contribution in [3.05, 3.63) is 42.1 Å². The molecule has 0 spiro atoms. The Hall–Kier alpha value is -2.63. The molecular formula is C12H12N6. The van der Waals surface area contributed by atoms with Crippen LogP contribution in [0.15, 0.2) is 36.5 Å². The van der Waals surface area contributed by atoms with Crippen LogP contribution in [0.1, 0.15) is 5.56 Å². The third kappa shape index (κ3) is 1.95. The quantitative estimate of drug-likeness (QED) is 0.646. The summed E-state index contributed by atoms with van der Waals surface area (Å²) in [6, 6.07) is 10.0. The van der Waals surface area contributed by atoms with Gasteiger partial charge >= 0.3 is 0 Å². The van der Waals surface area contributed by atoms with Crippen LogP contribution in [0.4, 0.5) is 11.8 Å². The Morgan fingerprint density at radius 3 is 2.83 bits per heavy atom. The van der Waals surface area contributed by atoms with Crippen molar-refractivity contribution < 1.29 is 0 Å². The predicted molar refractivity (Wildman–Crippen MR) is 69.9 cm³/mol. The Balaban J connectivity index is 1.82. The number of hydrogen-bond acceptors (Lipinski definition) is 5. The minimum atomic E-state index is 0.421. The van der Waals surface area contributed by atoms with Gasteiger partial charge in [0, 0.05) is 6.54 Å². The van der Waals surface area contributed by atoms with Gasteiger partial charge in [0.1, 0.15) is 5.82 Å². The maximum atomic E-state index is 5.82. The van der Waals surface area contributed by atoms with Gasteiger partial charge < -0.3 is 11.1 Å². The van der Waals surface area contributed by atoms with E-state index in [1.54, 1.807) is 6.20 Å². The summed E-state index contributed by atoms with van der Waals surface area (Å²) in [4.78, 5) is 8.48. The highest BCUT2D eigenvalue weighted by Gasteiger charge is 2.06. The maximum Gasteiger partial charge on any atom is 0.226 e. The monoisotopic (exact) mass is 240 g/mol. The van der Waals surface area contributed by atoms with Crippen molar-refractivity contribution >= 4 is 22.8 Å². The number of anilines is 2. The minimum absolute atomic E-state index is 0.421. The van der Waals surface area contributed by atoms with Gasteiger partial charge in [-0.3, -0.25) is 5.10 Å². The molecule has 2 heterocycles. The van der Waals surface area contributed by atoms with Gasteiger partial charge in [0.15, 0.2) is 5.65 Å². The highest BCUT2D eigenvalue weighted by Crippen LogP contribution is 2.16. The largest absolute Gasteiger partial charge is 0.383 e. The second kappa shape index (κ2) is 4.33. The van der Waals surface area contributed by atoms with Gasteiger partial charge in [0.25, 0.3) is 0 Å². The molecule has 0 aliphatic heterocycles. The summed E-state index contributed by atoms with van der Waals surface area (Å²) in [5, 5.41) is 10.5. The lowest BCUT2D eigenvalue weighted by atomic mass is 10.2. The first-order valence-corrected chi connectivity index (χ1v) is 5.57. The molecule has 3 rings (SSSR count). The molecule has 0 fully saturated rings. The third-order valence-electron chi connectivity index (χ3n) is 2.63. The summed E-state index contributed by atoms with van der Waals surface area (Å²) in [5.74, 6) is 0.914. The van der Waals surface area contributed by atoms with Gasteiger partial charge in [0.2, 0.25) is 5.95 Å². The van der Waals surface area contributed by atoms with Gasteiger partial charge in [-0.05, 0) is 5.56 Å². The second-order valence-corrected chi connectivity index (χ2v) is 3.90. The number of benzene rings is 1. The predicted octanol–water partition coefficient (Wildman–Crippen LogP) is 1.55. The van der Waals surface area contributed by atoms with Gasteiger partial charge in [0.05, 0.1) is 11.6 Å². The number of nitrogens with two attached hydrogens (primary N) is 1. The smallest absolute Gasteiger partial charge is 0.226 e. The number of fused-ring (bicyclic) bond motifs is 1. The molecule has 3 aromatic rings. The molecule has 0 radical (unpaired) electrons. The molecule has 90 valence electrons. The van der Waals surface area contributed by atoms with Crippen LogP contribution in [0.2, 0.25) is 0 Å². The second-order valence-electron chi connectivity index (χ2n) is 3.90. The van der Waals surface area contributed by atoms with E-state index in [4.69, 9.17) is 5.73 Å². The fraction of sp³-hybridized carbons (Fsp3) is 0.0833.